The highest BCUT2D eigenvalue weighted by molar-refractivity contribution is 6.30. The van der Waals surface area contributed by atoms with E-state index in [9.17, 15) is 20.2 Å². The first-order valence-electron chi connectivity index (χ1n) is 7.58. The molecule has 0 aliphatic heterocycles. The molecule has 0 amide bonds. The van der Waals surface area contributed by atoms with Crippen LogP contribution < -0.4 is 16.2 Å². The molecule has 13 heteroatoms. The molecule has 0 bridgehead atoms. The summed E-state index contributed by atoms with van der Waals surface area (Å²) in [7, 11) is 0. The summed E-state index contributed by atoms with van der Waals surface area (Å²) in [5, 5.41) is 25.3. The Bertz CT molecular complexity index is 1010. The lowest BCUT2D eigenvalue weighted by atomic mass is 10.3. The molecule has 3 rings (SSSR count). The number of benzene rings is 1. The molecular weight excluding hydrogens is 392 g/mol. The normalized spacial score (nSPS) is 10.2. The summed E-state index contributed by atoms with van der Waals surface area (Å²) >= 11 is 5.77. The SMILES string of the molecule is O=[N+]([O-])c1ccc(NNc2ncnc(Nc3ccc(Cl)cn3)c2[N+](=O)[O-])cc1. The lowest BCUT2D eigenvalue weighted by Gasteiger charge is -2.11. The van der Waals surface area contributed by atoms with Crippen molar-refractivity contribution in [1.29, 1.82) is 0 Å². The van der Waals surface area contributed by atoms with E-state index in [0.717, 1.165) is 6.33 Å². The number of aromatic nitrogens is 3. The van der Waals surface area contributed by atoms with Crippen LogP contribution in [0.5, 0.6) is 0 Å². The van der Waals surface area contributed by atoms with Gasteiger partial charge in [0, 0.05) is 18.3 Å². The minimum absolute atomic E-state index is 0.0807. The van der Waals surface area contributed by atoms with Crippen LogP contribution in [-0.2, 0) is 0 Å². The van der Waals surface area contributed by atoms with Gasteiger partial charge in [0.1, 0.15) is 12.1 Å². The highest BCUT2D eigenvalue weighted by Gasteiger charge is 2.23. The van der Waals surface area contributed by atoms with E-state index in [1.54, 1.807) is 6.07 Å². The number of nitrogens with zero attached hydrogens (tertiary/aromatic N) is 5. The number of pyridine rings is 1. The van der Waals surface area contributed by atoms with Crippen molar-refractivity contribution in [3.05, 3.63) is 74.2 Å². The van der Waals surface area contributed by atoms with E-state index in [4.69, 9.17) is 11.6 Å². The summed E-state index contributed by atoms with van der Waals surface area (Å²) in [6.07, 6.45) is 2.51. The average Bonchev–Trinajstić information content (AvgIpc) is 2.68. The molecule has 2 heterocycles. The van der Waals surface area contributed by atoms with Crippen LogP contribution >= 0.6 is 11.6 Å². The molecule has 142 valence electrons. The molecule has 0 aliphatic rings. The van der Waals surface area contributed by atoms with Crippen molar-refractivity contribution < 1.29 is 9.85 Å². The Balaban J connectivity index is 1.81. The van der Waals surface area contributed by atoms with Gasteiger partial charge in [-0.3, -0.25) is 31.1 Å². The van der Waals surface area contributed by atoms with Crippen molar-refractivity contribution in [3.63, 3.8) is 0 Å². The summed E-state index contributed by atoms with van der Waals surface area (Å²) in [5.41, 5.74) is 5.23. The van der Waals surface area contributed by atoms with Crippen LogP contribution in [0.15, 0.2) is 48.9 Å². The third-order valence-corrected chi connectivity index (χ3v) is 3.61. The Labute approximate surface area is 161 Å². The zero-order valence-electron chi connectivity index (χ0n) is 13.9. The number of nitrogens with one attached hydrogen (secondary N) is 3. The number of nitro benzene ring substituents is 1. The zero-order valence-corrected chi connectivity index (χ0v) is 14.6. The third kappa shape index (κ3) is 4.37. The molecule has 28 heavy (non-hydrogen) atoms. The first-order chi connectivity index (χ1) is 13.4. The summed E-state index contributed by atoms with van der Waals surface area (Å²) in [4.78, 5) is 32.8. The molecule has 0 radical (unpaired) electrons. The van der Waals surface area contributed by atoms with Crippen LogP contribution in [-0.4, -0.2) is 24.8 Å². The van der Waals surface area contributed by atoms with E-state index in [-0.39, 0.29) is 17.3 Å². The second-order valence-electron chi connectivity index (χ2n) is 5.22. The fourth-order valence-electron chi connectivity index (χ4n) is 2.10. The molecule has 3 N–H and O–H groups in total. The van der Waals surface area contributed by atoms with Gasteiger partial charge in [0.15, 0.2) is 0 Å². The topological polar surface area (TPSA) is 161 Å². The molecule has 0 atom stereocenters. The van der Waals surface area contributed by atoms with Gasteiger partial charge in [0.05, 0.1) is 20.6 Å². The molecule has 12 nitrogen and oxygen atoms in total. The lowest BCUT2D eigenvalue weighted by Crippen LogP contribution is -2.13. The number of hydrogen-bond acceptors (Lipinski definition) is 10. The third-order valence-electron chi connectivity index (χ3n) is 3.38. The quantitative estimate of drug-likeness (QED) is 0.393. The van der Waals surface area contributed by atoms with Gasteiger partial charge in [-0.2, -0.15) is 0 Å². The first-order valence-corrected chi connectivity index (χ1v) is 7.96. The van der Waals surface area contributed by atoms with Gasteiger partial charge in [-0.15, -0.1) is 0 Å². The van der Waals surface area contributed by atoms with Gasteiger partial charge in [-0.1, -0.05) is 11.6 Å². The molecule has 0 unspecified atom stereocenters. The standard InChI is InChI=1S/C15H11ClN8O4/c16-9-1-6-12(17-7-9)20-14-13(24(27)28)15(19-8-18-14)22-21-10-2-4-11(5-3-10)23(25)26/h1-8,21H,(H2,17,18,19,20,22). The van der Waals surface area contributed by atoms with Crippen LogP contribution in [0.4, 0.5) is 34.5 Å². The molecule has 3 aromatic rings. The van der Waals surface area contributed by atoms with E-state index >= 15 is 0 Å². The highest BCUT2D eigenvalue weighted by atomic mass is 35.5. The second-order valence-corrected chi connectivity index (χ2v) is 5.65. The van der Waals surface area contributed by atoms with Crippen LogP contribution in [0.2, 0.25) is 5.02 Å². The van der Waals surface area contributed by atoms with Gasteiger partial charge >= 0.3 is 5.69 Å². The average molecular weight is 403 g/mol. The number of non-ortho nitro benzene ring substituents is 1. The van der Waals surface area contributed by atoms with Crippen LogP contribution in [0.3, 0.4) is 0 Å². The van der Waals surface area contributed by atoms with E-state index in [2.05, 4.69) is 31.1 Å². The molecule has 1 aromatic carbocycles. The molecular formula is C15H11ClN8O4. The summed E-state index contributed by atoms with van der Waals surface area (Å²) in [6.45, 7) is 0. The largest absolute Gasteiger partial charge is 0.355 e. The molecule has 0 fully saturated rings. The van der Waals surface area contributed by atoms with Gasteiger partial charge in [0.25, 0.3) is 5.69 Å². The van der Waals surface area contributed by atoms with E-state index < -0.39 is 15.5 Å². The first kappa shape index (κ1) is 18.7. The van der Waals surface area contributed by atoms with Gasteiger partial charge in [0.2, 0.25) is 11.6 Å². The lowest BCUT2D eigenvalue weighted by molar-refractivity contribution is -0.384. The minimum Gasteiger partial charge on any atom is -0.319 e. The number of anilines is 4. The molecule has 0 saturated carbocycles. The monoisotopic (exact) mass is 402 g/mol. The minimum atomic E-state index is -0.655. The number of hydrazine groups is 1. The summed E-state index contributed by atoms with van der Waals surface area (Å²) in [5.74, 6) is 0.109. The predicted octanol–water partition coefficient (Wildman–Crippen LogP) is 3.52. The number of halogens is 1. The van der Waals surface area contributed by atoms with Gasteiger partial charge < -0.3 is 5.32 Å². The van der Waals surface area contributed by atoms with Crippen LogP contribution in [0, 0.1) is 20.2 Å². The molecule has 0 saturated heterocycles. The molecule has 0 spiro atoms. The summed E-state index contributed by atoms with van der Waals surface area (Å²) in [6, 6.07) is 8.56. The zero-order chi connectivity index (χ0) is 20.1. The van der Waals surface area contributed by atoms with Crippen molar-refractivity contribution in [2.24, 2.45) is 0 Å². The summed E-state index contributed by atoms with van der Waals surface area (Å²) < 4.78 is 0. The van der Waals surface area contributed by atoms with Crippen LogP contribution in [0.1, 0.15) is 0 Å². The Hall–Kier alpha value is -4.06. The van der Waals surface area contributed by atoms with Gasteiger partial charge in [-0.25, -0.2) is 15.0 Å². The van der Waals surface area contributed by atoms with Crippen LogP contribution in [0.25, 0.3) is 0 Å². The van der Waals surface area contributed by atoms with E-state index in [0.29, 0.717) is 16.5 Å². The Kier molecular flexibility index (Phi) is 5.41. The van der Waals surface area contributed by atoms with Crippen molar-refractivity contribution in [2.75, 3.05) is 16.2 Å². The maximum Gasteiger partial charge on any atom is 0.355 e. The van der Waals surface area contributed by atoms with Crippen molar-refractivity contribution in [2.45, 2.75) is 0 Å². The predicted molar refractivity (Wildman–Crippen MR) is 102 cm³/mol. The molecule has 0 aliphatic carbocycles. The maximum atomic E-state index is 11.5. The highest BCUT2D eigenvalue weighted by Crippen LogP contribution is 2.31. The van der Waals surface area contributed by atoms with Crippen molar-refractivity contribution >= 4 is 46.1 Å². The second kappa shape index (κ2) is 8.09. The Morgan fingerprint density at radius 3 is 2.18 bits per heavy atom. The van der Waals surface area contributed by atoms with Crippen molar-refractivity contribution in [1.82, 2.24) is 15.0 Å². The van der Waals surface area contributed by atoms with E-state index in [1.165, 1.54) is 36.5 Å². The van der Waals surface area contributed by atoms with Gasteiger partial charge in [-0.05, 0) is 24.3 Å². The number of nitro groups is 2. The van der Waals surface area contributed by atoms with E-state index in [1.807, 2.05) is 0 Å². The fraction of sp³-hybridized carbons (Fsp3) is 0. The van der Waals surface area contributed by atoms with Crippen molar-refractivity contribution in [3.8, 4) is 0 Å². The number of hydrogen-bond donors (Lipinski definition) is 3. The fourth-order valence-corrected chi connectivity index (χ4v) is 2.22. The smallest absolute Gasteiger partial charge is 0.319 e. The maximum absolute atomic E-state index is 11.5. The number of rotatable bonds is 7. The molecule has 2 aromatic heterocycles. The Morgan fingerprint density at radius 2 is 1.57 bits per heavy atom. The Morgan fingerprint density at radius 1 is 0.857 bits per heavy atom.